The van der Waals surface area contributed by atoms with E-state index >= 15 is 0 Å². The largest absolute Gasteiger partial charge is 0.341 e. The van der Waals surface area contributed by atoms with Gasteiger partial charge < -0.3 is 10.2 Å². The summed E-state index contributed by atoms with van der Waals surface area (Å²) in [5, 5.41) is 4.88. The van der Waals surface area contributed by atoms with E-state index in [1.165, 1.54) is 24.8 Å². The first-order chi connectivity index (χ1) is 11.5. The van der Waals surface area contributed by atoms with Gasteiger partial charge in [-0.15, -0.1) is 0 Å². The Hall–Kier alpha value is -1.68. The van der Waals surface area contributed by atoms with Gasteiger partial charge in [0, 0.05) is 24.5 Å². The quantitative estimate of drug-likeness (QED) is 0.926. The minimum absolute atomic E-state index is 0.626. The highest BCUT2D eigenvalue weighted by Crippen LogP contribution is 2.22. The van der Waals surface area contributed by atoms with Crippen molar-refractivity contribution in [3.8, 4) is 0 Å². The number of hydrogen-bond donors (Lipinski definition) is 1. The molecule has 1 aliphatic rings. The molecule has 1 atom stereocenters. The maximum Gasteiger partial charge on any atom is 0.226 e. The van der Waals surface area contributed by atoms with Crippen LogP contribution < -0.4 is 10.2 Å². The Labute approximate surface area is 145 Å². The van der Waals surface area contributed by atoms with Gasteiger partial charge in [-0.25, -0.2) is 9.97 Å². The van der Waals surface area contributed by atoms with Gasteiger partial charge in [-0.3, -0.25) is 0 Å². The molecule has 4 heteroatoms. The average molecular weight is 326 g/mol. The Balaban J connectivity index is 1.75. The van der Waals surface area contributed by atoms with E-state index in [2.05, 4.69) is 56.1 Å². The summed E-state index contributed by atoms with van der Waals surface area (Å²) in [6.45, 7) is 11.9. The van der Waals surface area contributed by atoms with E-state index in [-0.39, 0.29) is 0 Å². The lowest BCUT2D eigenvalue weighted by Gasteiger charge is -2.22. The molecule has 0 saturated carbocycles. The molecular formula is C20H30N4. The number of benzene rings is 1. The molecule has 1 aromatic carbocycles. The molecule has 1 fully saturated rings. The van der Waals surface area contributed by atoms with Crippen molar-refractivity contribution < 1.29 is 0 Å². The molecule has 0 aliphatic carbocycles. The minimum Gasteiger partial charge on any atom is -0.341 e. The number of hydrogen-bond acceptors (Lipinski definition) is 4. The lowest BCUT2D eigenvalue weighted by Crippen LogP contribution is -2.33. The number of aryl methyl sites for hydroxylation is 2. The molecule has 0 spiro atoms. The molecule has 0 bridgehead atoms. The van der Waals surface area contributed by atoms with Gasteiger partial charge in [0.25, 0.3) is 0 Å². The molecule has 0 radical (unpaired) electrons. The summed E-state index contributed by atoms with van der Waals surface area (Å²) < 4.78 is 0. The standard InChI is InChI=1S/C20H30N4/c1-14(2)13-21-17-6-5-10-24(11-9-17)20-22-16(4)18-8-7-15(3)12-19(18)23-20/h7-8,12,14,17,21H,5-6,9-11,13H2,1-4H3/t17-/m1/s1. The van der Waals surface area contributed by atoms with Crippen LogP contribution in [0.25, 0.3) is 10.9 Å². The van der Waals surface area contributed by atoms with E-state index < -0.39 is 0 Å². The van der Waals surface area contributed by atoms with E-state index in [0.717, 1.165) is 42.2 Å². The van der Waals surface area contributed by atoms with E-state index in [1.807, 2.05) is 0 Å². The lowest BCUT2D eigenvalue weighted by atomic mass is 10.1. The van der Waals surface area contributed by atoms with Crippen molar-refractivity contribution in [3.63, 3.8) is 0 Å². The molecular weight excluding hydrogens is 296 g/mol. The van der Waals surface area contributed by atoms with Crippen molar-refractivity contribution in [1.82, 2.24) is 15.3 Å². The van der Waals surface area contributed by atoms with Gasteiger partial charge in [0.05, 0.1) is 11.2 Å². The van der Waals surface area contributed by atoms with Crippen LogP contribution in [0.2, 0.25) is 0 Å². The zero-order valence-corrected chi connectivity index (χ0v) is 15.5. The molecule has 1 N–H and O–H groups in total. The fourth-order valence-electron chi connectivity index (χ4n) is 3.43. The summed E-state index contributed by atoms with van der Waals surface area (Å²) in [6, 6.07) is 7.06. The minimum atomic E-state index is 0.626. The third-order valence-electron chi connectivity index (χ3n) is 4.86. The lowest BCUT2D eigenvalue weighted by molar-refractivity contribution is 0.433. The number of nitrogens with zero attached hydrogens (tertiary/aromatic N) is 3. The molecule has 2 heterocycles. The van der Waals surface area contributed by atoms with Crippen molar-refractivity contribution in [3.05, 3.63) is 29.5 Å². The van der Waals surface area contributed by atoms with E-state index in [1.54, 1.807) is 0 Å². The van der Waals surface area contributed by atoms with Crippen molar-refractivity contribution in [2.45, 2.75) is 53.0 Å². The SMILES string of the molecule is Cc1ccc2c(C)nc(N3CCC[C@@H](NCC(C)C)CC3)nc2c1. The normalized spacial score (nSPS) is 19.0. The topological polar surface area (TPSA) is 41.1 Å². The van der Waals surface area contributed by atoms with E-state index in [9.17, 15) is 0 Å². The van der Waals surface area contributed by atoms with Crippen LogP contribution >= 0.6 is 0 Å². The van der Waals surface area contributed by atoms with Gasteiger partial charge in [0.15, 0.2) is 0 Å². The highest BCUT2D eigenvalue weighted by molar-refractivity contribution is 5.82. The molecule has 1 aromatic heterocycles. The summed E-state index contributed by atoms with van der Waals surface area (Å²) >= 11 is 0. The van der Waals surface area contributed by atoms with Crippen LogP contribution in [0.1, 0.15) is 44.4 Å². The monoisotopic (exact) mass is 326 g/mol. The number of fused-ring (bicyclic) bond motifs is 1. The number of anilines is 1. The smallest absolute Gasteiger partial charge is 0.226 e. The Bertz CT molecular complexity index is 695. The Morgan fingerprint density at radius 3 is 2.79 bits per heavy atom. The molecule has 24 heavy (non-hydrogen) atoms. The predicted molar refractivity (Wildman–Crippen MR) is 102 cm³/mol. The number of nitrogens with one attached hydrogen (secondary N) is 1. The van der Waals surface area contributed by atoms with Crippen LogP contribution in [0.5, 0.6) is 0 Å². The van der Waals surface area contributed by atoms with Crippen molar-refractivity contribution in [1.29, 1.82) is 0 Å². The van der Waals surface area contributed by atoms with Crippen LogP contribution in [-0.4, -0.2) is 35.6 Å². The first-order valence-corrected chi connectivity index (χ1v) is 9.26. The molecule has 3 rings (SSSR count). The molecule has 2 aromatic rings. The third kappa shape index (κ3) is 4.04. The Kier molecular flexibility index (Phi) is 5.34. The summed E-state index contributed by atoms with van der Waals surface area (Å²) in [5.74, 6) is 1.61. The van der Waals surface area contributed by atoms with Gasteiger partial charge in [-0.2, -0.15) is 0 Å². The van der Waals surface area contributed by atoms with Gasteiger partial charge in [0.1, 0.15) is 0 Å². The fourth-order valence-corrected chi connectivity index (χ4v) is 3.43. The fraction of sp³-hybridized carbons (Fsp3) is 0.600. The third-order valence-corrected chi connectivity index (χ3v) is 4.86. The van der Waals surface area contributed by atoms with Gasteiger partial charge in [-0.1, -0.05) is 26.0 Å². The highest BCUT2D eigenvalue weighted by Gasteiger charge is 2.19. The molecule has 130 valence electrons. The van der Waals surface area contributed by atoms with E-state index in [0.29, 0.717) is 12.0 Å². The second-order valence-corrected chi connectivity index (χ2v) is 7.55. The zero-order valence-electron chi connectivity index (χ0n) is 15.5. The Morgan fingerprint density at radius 2 is 2.00 bits per heavy atom. The molecule has 0 amide bonds. The summed E-state index contributed by atoms with van der Waals surface area (Å²) in [7, 11) is 0. The molecule has 0 unspecified atom stereocenters. The number of rotatable bonds is 4. The van der Waals surface area contributed by atoms with Gasteiger partial charge in [0.2, 0.25) is 5.95 Å². The Morgan fingerprint density at radius 1 is 1.17 bits per heavy atom. The van der Waals surface area contributed by atoms with Crippen molar-refractivity contribution in [2.24, 2.45) is 5.92 Å². The van der Waals surface area contributed by atoms with Crippen LogP contribution in [0.15, 0.2) is 18.2 Å². The van der Waals surface area contributed by atoms with Crippen LogP contribution in [0, 0.1) is 19.8 Å². The first kappa shape index (κ1) is 17.2. The zero-order chi connectivity index (χ0) is 17.1. The molecule has 1 saturated heterocycles. The summed E-state index contributed by atoms with van der Waals surface area (Å²) in [4.78, 5) is 12.0. The summed E-state index contributed by atoms with van der Waals surface area (Å²) in [6.07, 6.45) is 3.61. The second-order valence-electron chi connectivity index (χ2n) is 7.55. The molecule has 4 nitrogen and oxygen atoms in total. The highest BCUT2D eigenvalue weighted by atomic mass is 15.3. The number of aromatic nitrogens is 2. The average Bonchev–Trinajstić information content (AvgIpc) is 2.78. The second kappa shape index (κ2) is 7.47. The van der Waals surface area contributed by atoms with Crippen LogP contribution in [0.4, 0.5) is 5.95 Å². The maximum absolute atomic E-state index is 4.86. The maximum atomic E-state index is 4.86. The van der Waals surface area contributed by atoms with E-state index in [4.69, 9.17) is 9.97 Å². The van der Waals surface area contributed by atoms with Crippen LogP contribution in [-0.2, 0) is 0 Å². The molecule has 1 aliphatic heterocycles. The first-order valence-electron chi connectivity index (χ1n) is 9.26. The summed E-state index contributed by atoms with van der Waals surface area (Å²) in [5.41, 5.74) is 3.39. The van der Waals surface area contributed by atoms with Crippen molar-refractivity contribution >= 4 is 16.9 Å². The van der Waals surface area contributed by atoms with Gasteiger partial charge in [-0.05, 0) is 57.2 Å². The predicted octanol–water partition coefficient (Wildman–Crippen LogP) is 3.85. The van der Waals surface area contributed by atoms with Gasteiger partial charge >= 0.3 is 0 Å². The van der Waals surface area contributed by atoms with Crippen molar-refractivity contribution in [2.75, 3.05) is 24.5 Å². The van der Waals surface area contributed by atoms with Crippen LogP contribution in [0.3, 0.4) is 0 Å².